The summed E-state index contributed by atoms with van der Waals surface area (Å²) in [5, 5.41) is 18.1. The number of carbonyl (C=O) groups excluding carboxylic acids is 1. The molecule has 7 heteroatoms. The summed E-state index contributed by atoms with van der Waals surface area (Å²) >= 11 is 0. The Bertz CT molecular complexity index is 430. The van der Waals surface area contributed by atoms with Crippen LogP contribution >= 0.6 is 0 Å². The van der Waals surface area contributed by atoms with E-state index < -0.39 is 11.9 Å². The van der Waals surface area contributed by atoms with Crippen LogP contribution in [0.25, 0.3) is 0 Å². The number of hydrogen-bond donors (Lipinski definition) is 2. The van der Waals surface area contributed by atoms with Crippen molar-refractivity contribution in [3.63, 3.8) is 0 Å². The van der Waals surface area contributed by atoms with Crippen molar-refractivity contribution in [1.29, 1.82) is 0 Å². The maximum absolute atomic E-state index is 12.0. The van der Waals surface area contributed by atoms with Crippen molar-refractivity contribution in [1.82, 2.24) is 9.80 Å². The van der Waals surface area contributed by atoms with Crippen LogP contribution in [0.1, 0.15) is 32.6 Å². The van der Waals surface area contributed by atoms with Crippen molar-refractivity contribution < 1.29 is 24.6 Å². The molecule has 2 aliphatic rings. The summed E-state index contributed by atoms with van der Waals surface area (Å²) < 4.78 is 0. The van der Waals surface area contributed by atoms with Gasteiger partial charge in [-0.15, -0.1) is 0 Å². The summed E-state index contributed by atoms with van der Waals surface area (Å²) in [5.74, 6) is -1.90. The monoisotopic (exact) mass is 340 g/mol. The lowest BCUT2D eigenvalue weighted by atomic mass is 9.94. The number of hydrogen-bond acceptors (Lipinski definition) is 5. The van der Waals surface area contributed by atoms with E-state index in [4.69, 9.17) is 10.2 Å². The lowest BCUT2D eigenvalue weighted by Gasteiger charge is -2.36. The number of carboxylic acids is 2. The smallest absolute Gasteiger partial charge is 0.306 e. The molecule has 0 spiro atoms. The molecule has 2 fully saturated rings. The summed E-state index contributed by atoms with van der Waals surface area (Å²) in [6.07, 6.45) is 2.57. The molecular weight excluding hydrogens is 312 g/mol. The van der Waals surface area contributed by atoms with Gasteiger partial charge in [-0.1, -0.05) is 0 Å². The van der Waals surface area contributed by atoms with Gasteiger partial charge in [0.2, 0.25) is 0 Å². The van der Waals surface area contributed by atoms with Gasteiger partial charge in [0.05, 0.1) is 11.8 Å². The Labute approximate surface area is 142 Å². The zero-order valence-electron chi connectivity index (χ0n) is 14.3. The van der Waals surface area contributed by atoms with E-state index in [1.54, 1.807) is 6.92 Å². The fraction of sp³-hybridized carbons (Fsp3) is 0.824. The molecule has 0 aromatic carbocycles. The molecule has 0 aromatic heterocycles. The van der Waals surface area contributed by atoms with E-state index in [1.165, 1.54) is 0 Å². The standard InChI is InChI=1S/C17H28N2O5/c1-12(20)15(10-18-6-2-13(3-7-18)16(21)22)11-19-8-4-14(5-9-19)17(23)24/h13-15H,2-11H2,1H3,(H,21,22)(H,23,24). The quantitative estimate of drug-likeness (QED) is 0.707. The van der Waals surface area contributed by atoms with Gasteiger partial charge in [0, 0.05) is 19.0 Å². The van der Waals surface area contributed by atoms with Crippen molar-refractivity contribution in [2.45, 2.75) is 32.6 Å². The molecule has 0 aromatic rings. The second-order valence-corrected chi connectivity index (χ2v) is 7.13. The fourth-order valence-electron chi connectivity index (χ4n) is 3.66. The maximum Gasteiger partial charge on any atom is 0.306 e. The van der Waals surface area contributed by atoms with Gasteiger partial charge in [-0.25, -0.2) is 0 Å². The van der Waals surface area contributed by atoms with E-state index in [0.29, 0.717) is 38.8 Å². The summed E-state index contributed by atoms with van der Waals surface area (Å²) in [6, 6.07) is 0. The molecule has 2 saturated heterocycles. The zero-order chi connectivity index (χ0) is 17.7. The van der Waals surface area contributed by atoms with Gasteiger partial charge in [0.25, 0.3) is 0 Å². The highest BCUT2D eigenvalue weighted by Crippen LogP contribution is 2.21. The first-order valence-corrected chi connectivity index (χ1v) is 8.77. The summed E-state index contributed by atoms with van der Waals surface area (Å²) in [5.41, 5.74) is 0. The van der Waals surface area contributed by atoms with Gasteiger partial charge >= 0.3 is 11.9 Å². The first kappa shape index (κ1) is 18.9. The third-order valence-corrected chi connectivity index (χ3v) is 5.41. The molecule has 0 bridgehead atoms. The van der Waals surface area contributed by atoms with Crippen LogP contribution in [0.5, 0.6) is 0 Å². The highest BCUT2D eigenvalue weighted by atomic mass is 16.4. The molecule has 0 amide bonds. The van der Waals surface area contributed by atoms with Crippen molar-refractivity contribution >= 4 is 17.7 Å². The Balaban J connectivity index is 1.80. The average Bonchev–Trinajstić information content (AvgIpc) is 2.55. The number of likely N-dealkylation sites (tertiary alicyclic amines) is 2. The van der Waals surface area contributed by atoms with Gasteiger partial charge < -0.3 is 20.0 Å². The molecule has 0 radical (unpaired) electrons. The van der Waals surface area contributed by atoms with Crippen molar-refractivity contribution in [3.05, 3.63) is 0 Å². The molecule has 2 heterocycles. The van der Waals surface area contributed by atoms with E-state index in [-0.39, 0.29) is 23.5 Å². The lowest BCUT2D eigenvalue weighted by molar-refractivity contribution is -0.144. The Morgan fingerprint density at radius 3 is 1.42 bits per heavy atom. The number of carbonyl (C=O) groups is 3. The largest absolute Gasteiger partial charge is 0.481 e. The molecule has 2 N–H and O–H groups in total. The van der Waals surface area contributed by atoms with E-state index in [2.05, 4.69) is 9.80 Å². The number of nitrogens with zero attached hydrogens (tertiary/aromatic N) is 2. The van der Waals surface area contributed by atoms with E-state index in [0.717, 1.165) is 26.2 Å². The number of rotatable bonds is 7. The highest BCUT2D eigenvalue weighted by Gasteiger charge is 2.30. The van der Waals surface area contributed by atoms with Crippen molar-refractivity contribution in [3.8, 4) is 0 Å². The van der Waals surface area contributed by atoms with Gasteiger partial charge in [-0.3, -0.25) is 14.4 Å². The first-order chi connectivity index (χ1) is 11.4. The van der Waals surface area contributed by atoms with Crippen LogP contribution < -0.4 is 0 Å². The van der Waals surface area contributed by atoms with Crippen LogP contribution in [0.15, 0.2) is 0 Å². The molecule has 0 unspecified atom stereocenters. The minimum atomic E-state index is -0.723. The van der Waals surface area contributed by atoms with Crippen LogP contribution in [0, 0.1) is 17.8 Å². The van der Waals surface area contributed by atoms with E-state index in [9.17, 15) is 14.4 Å². The molecular formula is C17H28N2O5. The zero-order valence-corrected chi connectivity index (χ0v) is 14.3. The molecule has 7 nitrogen and oxygen atoms in total. The van der Waals surface area contributed by atoms with Gasteiger partial charge in [0.15, 0.2) is 0 Å². The second kappa shape index (κ2) is 8.58. The Hall–Kier alpha value is -1.47. The van der Waals surface area contributed by atoms with Crippen LogP contribution in [0.3, 0.4) is 0 Å². The van der Waals surface area contributed by atoms with Crippen molar-refractivity contribution in [2.24, 2.45) is 17.8 Å². The molecule has 0 saturated carbocycles. The SMILES string of the molecule is CC(=O)C(CN1CCC(C(=O)O)CC1)CN1CCC(C(=O)O)CC1. The minimum absolute atomic E-state index is 0.0900. The van der Waals surface area contributed by atoms with Gasteiger partial charge in [-0.05, 0) is 58.8 Å². The molecule has 136 valence electrons. The van der Waals surface area contributed by atoms with Crippen molar-refractivity contribution in [2.75, 3.05) is 39.3 Å². The topological polar surface area (TPSA) is 98.2 Å². The number of carboxylic acid groups (broad SMARTS) is 2. The summed E-state index contributed by atoms with van der Waals surface area (Å²) in [6.45, 7) is 5.84. The maximum atomic E-state index is 12.0. The lowest BCUT2D eigenvalue weighted by Crippen LogP contribution is -2.45. The third-order valence-electron chi connectivity index (χ3n) is 5.41. The van der Waals surface area contributed by atoms with Crippen LogP contribution in [-0.2, 0) is 14.4 Å². The Morgan fingerprint density at radius 1 is 0.833 bits per heavy atom. The van der Waals surface area contributed by atoms with Crippen LogP contribution in [0.4, 0.5) is 0 Å². The normalized spacial score (nSPS) is 21.9. The third kappa shape index (κ3) is 5.27. The average molecular weight is 340 g/mol. The number of piperidine rings is 2. The van der Waals surface area contributed by atoms with E-state index >= 15 is 0 Å². The Kier molecular flexibility index (Phi) is 6.74. The molecule has 2 rings (SSSR count). The summed E-state index contributed by atoms with van der Waals surface area (Å²) in [7, 11) is 0. The Morgan fingerprint density at radius 2 is 1.17 bits per heavy atom. The summed E-state index contributed by atoms with van der Waals surface area (Å²) in [4.78, 5) is 38.4. The van der Waals surface area contributed by atoms with Gasteiger partial charge in [-0.2, -0.15) is 0 Å². The van der Waals surface area contributed by atoms with E-state index in [1.807, 2.05) is 0 Å². The van der Waals surface area contributed by atoms with Gasteiger partial charge in [0.1, 0.15) is 5.78 Å². The highest BCUT2D eigenvalue weighted by molar-refractivity contribution is 5.78. The molecule has 24 heavy (non-hydrogen) atoms. The molecule has 0 atom stereocenters. The fourth-order valence-corrected chi connectivity index (χ4v) is 3.66. The predicted octanol–water partition coefficient (Wildman–Crippen LogP) is 0.785. The molecule has 2 aliphatic heterocycles. The molecule has 0 aliphatic carbocycles. The second-order valence-electron chi connectivity index (χ2n) is 7.13. The minimum Gasteiger partial charge on any atom is -0.481 e. The number of aliphatic carboxylic acids is 2. The number of ketones is 1. The van der Waals surface area contributed by atoms with Crippen LogP contribution in [0.2, 0.25) is 0 Å². The van der Waals surface area contributed by atoms with Crippen LogP contribution in [-0.4, -0.2) is 77.0 Å². The predicted molar refractivity (Wildman–Crippen MR) is 87.8 cm³/mol. The number of Topliss-reactive ketones (excluding diaryl/α,β-unsaturated/α-hetero) is 1. The first-order valence-electron chi connectivity index (χ1n) is 8.77.